The van der Waals surface area contributed by atoms with Crippen molar-refractivity contribution in [1.82, 2.24) is 9.78 Å². The molecule has 2 aromatic rings. The fourth-order valence-electron chi connectivity index (χ4n) is 2.70. The highest BCUT2D eigenvalue weighted by molar-refractivity contribution is 6.74. The third-order valence-electron chi connectivity index (χ3n) is 5.31. The van der Waals surface area contributed by atoms with E-state index in [4.69, 9.17) is 9.52 Å². The molecule has 5 heteroatoms. The van der Waals surface area contributed by atoms with Crippen molar-refractivity contribution in [3.8, 4) is 5.69 Å². The molecule has 4 nitrogen and oxygen atoms in total. The van der Waals surface area contributed by atoms with Crippen molar-refractivity contribution in [3.05, 3.63) is 42.5 Å². The molecule has 1 aliphatic rings. The molecule has 1 aromatic carbocycles. The third kappa shape index (κ3) is 3.26. The van der Waals surface area contributed by atoms with Gasteiger partial charge in [-0.15, -0.1) is 0 Å². The van der Waals surface area contributed by atoms with E-state index in [1.165, 1.54) is 0 Å². The van der Waals surface area contributed by atoms with Crippen LogP contribution in [0.5, 0.6) is 0 Å². The smallest absolute Gasteiger partial charge is 0.278 e. The van der Waals surface area contributed by atoms with E-state index in [1.807, 2.05) is 22.9 Å². The van der Waals surface area contributed by atoms with Gasteiger partial charge in [-0.25, -0.2) is 4.57 Å². The minimum atomic E-state index is -1.69. The van der Waals surface area contributed by atoms with Crippen LogP contribution in [0.2, 0.25) is 18.1 Å². The van der Waals surface area contributed by atoms with Crippen LogP contribution >= 0.6 is 0 Å². The second-order valence-corrected chi connectivity index (χ2v) is 12.8. The molecule has 0 radical (unpaired) electrons. The summed E-state index contributed by atoms with van der Waals surface area (Å²) in [6.45, 7) is 12.3. The standard InChI is InChI=1S/C18H28N3OSi/c1-18(2,3)23(4,5)22-13-16-11-12-17-19-21(14-20(16)17)15-9-7-6-8-10-15/h6-10,14,16H,11-13H2,1-5H3/q+1/t16-/m0/s1. The lowest BCUT2D eigenvalue weighted by Gasteiger charge is -2.36. The van der Waals surface area contributed by atoms with Gasteiger partial charge in [0.1, 0.15) is 11.7 Å². The summed E-state index contributed by atoms with van der Waals surface area (Å²) in [7, 11) is -1.69. The van der Waals surface area contributed by atoms with Gasteiger partial charge in [-0.2, -0.15) is 0 Å². The fraction of sp³-hybridized carbons (Fsp3) is 0.556. The maximum atomic E-state index is 6.43. The molecule has 3 rings (SSSR count). The topological polar surface area (TPSA) is 30.9 Å². The average molecular weight is 331 g/mol. The monoisotopic (exact) mass is 330 g/mol. The predicted octanol–water partition coefficient (Wildman–Crippen LogP) is 3.67. The van der Waals surface area contributed by atoms with Crippen molar-refractivity contribution in [2.24, 2.45) is 0 Å². The van der Waals surface area contributed by atoms with Crippen LogP contribution in [-0.4, -0.2) is 24.7 Å². The molecule has 23 heavy (non-hydrogen) atoms. The fourth-order valence-corrected chi connectivity index (χ4v) is 3.74. The van der Waals surface area contributed by atoms with Gasteiger partial charge >= 0.3 is 0 Å². The zero-order valence-corrected chi connectivity index (χ0v) is 15.9. The minimum Gasteiger partial charge on any atom is -0.413 e. The van der Waals surface area contributed by atoms with Gasteiger partial charge < -0.3 is 4.43 Å². The maximum Gasteiger partial charge on any atom is 0.278 e. The number of hydrogen-bond acceptors (Lipinski definition) is 2. The summed E-state index contributed by atoms with van der Waals surface area (Å²) in [6, 6.07) is 10.7. The van der Waals surface area contributed by atoms with Crippen molar-refractivity contribution < 1.29 is 8.99 Å². The zero-order valence-electron chi connectivity index (χ0n) is 14.9. The summed E-state index contributed by atoms with van der Waals surface area (Å²) in [5.74, 6) is 1.16. The van der Waals surface area contributed by atoms with Crippen LogP contribution in [0.25, 0.3) is 5.69 Å². The molecule has 0 N–H and O–H groups in total. The summed E-state index contributed by atoms with van der Waals surface area (Å²) >= 11 is 0. The second kappa shape index (κ2) is 5.87. The van der Waals surface area contributed by atoms with Gasteiger partial charge in [-0.1, -0.05) is 43.7 Å². The van der Waals surface area contributed by atoms with E-state index in [9.17, 15) is 0 Å². The van der Waals surface area contributed by atoms with Crippen molar-refractivity contribution in [1.29, 1.82) is 0 Å². The molecule has 0 fully saturated rings. The number of fused-ring (bicyclic) bond motifs is 1. The van der Waals surface area contributed by atoms with Crippen molar-refractivity contribution >= 4 is 8.32 Å². The maximum absolute atomic E-state index is 6.43. The normalized spacial score (nSPS) is 18.2. The lowest BCUT2D eigenvalue weighted by atomic mass is 10.2. The summed E-state index contributed by atoms with van der Waals surface area (Å²) in [6.07, 6.45) is 4.29. The summed E-state index contributed by atoms with van der Waals surface area (Å²) in [5, 5.41) is 5.00. The van der Waals surface area contributed by atoms with Crippen molar-refractivity contribution in [2.45, 2.75) is 57.8 Å². The molecule has 0 bridgehead atoms. The first-order valence-corrected chi connectivity index (χ1v) is 11.4. The first-order chi connectivity index (χ1) is 10.8. The lowest BCUT2D eigenvalue weighted by Crippen LogP contribution is -2.45. The molecule has 124 valence electrons. The van der Waals surface area contributed by atoms with Crippen LogP contribution in [0.1, 0.15) is 39.1 Å². The van der Waals surface area contributed by atoms with Gasteiger partial charge in [0.2, 0.25) is 6.33 Å². The third-order valence-corrected chi connectivity index (χ3v) is 9.81. The van der Waals surface area contributed by atoms with Gasteiger partial charge in [0.25, 0.3) is 5.82 Å². The Morgan fingerprint density at radius 1 is 1.26 bits per heavy atom. The molecule has 0 spiro atoms. The van der Waals surface area contributed by atoms with Crippen LogP contribution in [0.15, 0.2) is 36.7 Å². The van der Waals surface area contributed by atoms with E-state index < -0.39 is 8.32 Å². The average Bonchev–Trinajstić information content (AvgIpc) is 3.05. The molecular formula is C18H28N3OSi+. The zero-order chi connectivity index (χ0) is 16.7. The SMILES string of the molecule is CC(C)(C)[Si](C)(C)OC[C@@H]1CCc2nn(-c3ccccc3)c[n+]21. The van der Waals surface area contributed by atoms with Gasteiger partial charge in [0.05, 0.1) is 6.61 Å². The Morgan fingerprint density at radius 3 is 2.61 bits per heavy atom. The van der Waals surface area contributed by atoms with Crippen LogP contribution < -0.4 is 4.57 Å². The highest BCUT2D eigenvalue weighted by Crippen LogP contribution is 2.37. The van der Waals surface area contributed by atoms with E-state index in [0.717, 1.165) is 31.0 Å². The Labute approximate surface area is 140 Å². The summed E-state index contributed by atoms with van der Waals surface area (Å²) in [4.78, 5) is 0. The Kier molecular flexibility index (Phi) is 4.19. The Hall–Kier alpha value is -1.46. The van der Waals surface area contributed by atoms with Crippen LogP contribution in [-0.2, 0) is 10.8 Å². The first kappa shape index (κ1) is 16.4. The Bertz CT molecular complexity index is 673. The number of benzene rings is 1. The summed E-state index contributed by atoms with van der Waals surface area (Å²) in [5.41, 5.74) is 1.11. The molecule has 0 amide bonds. The Morgan fingerprint density at radius 2 is 1.96 bits per heavy atom. The van der Waals surface area contributed by atoms with E-state index >= 15 is 0 Å². The number of aromatic nitrogens is 3. The van der Waals surface area contributed by atoms with E-state index in [1.54, 1.807) is 0 Å². The predicted molar refractivity (Wildman–Crippen MR) is 94.3 cm³/mol. The number of rotatable bonds is 4. The highest BCUT2D eigenvalue weighted by Gasteiger charge is 2.39. The van der Waals surface area contributed by atoms with Crippen molar-refractivity contribution in [2.75, 3.05) is 6.61 Å². The molecule has 1 aliphatic heterocycles. The largest absolute Gasteiger partial charge is 0.413 e. The molecule has 0 saturated heterocycles. The quantitative estimate of drug-likeness (QED) is 0.632. The van der Waals surface area contributed by atoms with Crippen LogP contribution in [0.4, 0.5) is 0 Å². The first-order valence-electron chi connectivity index (χ1n) is 8.47. The molecular weight excluding hydrogens is 302 g/mol. The Balaban J connectivity index is 1.74. The van der Waals surface area contributed by atoms with Gasteiger partial charge in [0, 0.05) is 11.5 Å². The molecule has 1 atom stereocenters. The van der Waals surface area contributed by atoms with Gasteiger partial charge in [-0.05, 0) is 36.7 Å². The second-order valence-electron chi connectivity index (χ2n) is 7.98. The number of para-hydroxylation sites is 1. The van der Waals surface area contributed by atoms with Crippen LogP contribution in [0, 0.1) is 0 Å². The molecule has 1 aromatic heterocycles. The minimum absolute atomic E-state index is 0.257. The molecule has 0 unspecified atom stereocenters. The van der Waals surface area contributed by atoms with E-state index in [0.29, 0.717) is 6.04 Å². The van der Waals surface area contributed by atoms with Crippen LogP contribution in [0.3, 0.4) is 0 Å². The van der Waals surface area contributed by atoms with E-state index in [-0.39, 0.29) is 5.04 Å². The van der Waals surface area contributed by atoms with Crippen molar-refractivity contribution in [3.63, 3.8) is 0 Å². The van der Waals surface area contributed by atoms with E-state index in [2.05, 4.69) is 56.9 Å². The molecule has 2 heterocycles. The molecule has 0 saturated carbocycles. The van der Waals surface area contributed by atoms with Gasteiger partial charge in [-0.3, -0.25) is 0 Å². The highest BCUT2D eigenvalue weighted by atomic mass is 28.4. The number of aryl methyl sites for hydroxylation is 1. The molecule has 0 aliphatic carbocycles. The lowest BCUT2D eigenvalue weighted by molar-refractivity contribution is -0.718. The number of hydrogen-bond donors (Lipinski definition) is 0. The number of nitrogens with zero attached hydrogens (tertiary/aromatic N) is 3. The van der Waals surface area contributed by atoms with Gasteiger partial charge in [0.15, 0.2) is 8.32 Å². The summed E-state index contributed by atoms with van der Waals surface area (Å²) < 4.78 is 10.7.